The number of carbonyl (C=O) groups is 2. The molecule has 1 atom stereocenters. The van der Waals surface area contributed by atoms with Crippen molar-refractivity contribution in [3.63, 3.8) is 0 Å². The summed E-state index contributed by atoms with van der Waals surface area (Å²) >= 11 is 0. The van der Waals surface area contributed by atoms with Crippen LogP contribution in [0.5, 0.6) is 0 Å². The van der Waals surface area contributed by atoms with Crippen molar-refractivity contribution in [1.29, 1.82) is 0 Å². The highest BCUT2D eigenvalue weighted by Gasteiger charge is 2.31. The second-order valence-electron chi connectivity index (χ2n) is 5.73. The Labute approximate surface area is 126 Å². The van der Waals surface area contributed by atoms with E-state index in [0.29, 0.717) is 0 Å². The van der Waals surface area contributed by atoms with Gasteiger partial charge < -0.3 is 10.5 Å². The number of amides is 1. The number of rotatable bonds is 5. The topological polar surface area (TPSA) is 69.4 Å². The van der Waals surface area contributed by atoms with Crippen molar-refractivity contribution in [2.45, 2.75) is 39.0 Å². The minimum atomic E-state index is -4.44. The van der Waals surface area contributed by atoms with Gasteiger partial charge in [0.2, 0.25) is 0 Å². The highest BCUT2D eigenvalue weighted by molar-refractivity contribution is 5.97. The van der Waals surface area contributed by atoms with E-state index in [4.69, 9.17) is 10.5 Å². The number of alkyl halides is 3. The van der Waals surface area contributed by atoms with E-state index in [1.807, 2.05) is 0 Å². The number of nitrogens with two attached hydrogens (primary N) is 1. The standard InChI is InChI=1S/C15H18F3NO3/c1-9(8-14(2,3)22-13(19)21)12(20)10-4-6-11(7-5-10)15(16,17)18/h4-7,9H,8H2,1-3H3,(H2,19,21). The van der Waals surface area contributed by atoms with Crippen molar-refractivity contribution in [2.24, 2.45) is 11.7 Å². The predicted molar refractivity (Wildman–Crippen MR) is 74.3 cm³/mol. The number of halogens is 3. The molecule has 1 aromatic carbocycles. The molecule has 22 heavy (non-hydrogen) atoms. The van der Waals surface area contributed by atoms with Gasteiger partial charge in [-0.25, -0.2) is 4.79 Å². The first-order valence-corrected chi connectivity index (χ1v) is 6.62. The maximum Gasteiger partial charge on any atom is 0.416 e. The molecule has 2 N–H and O–H groups in total. The third-order valence-electron chi connectivity index (χ3n) is 3.12. The number of primary amides is 1. The molecular formula is C15H18F3NO3. The van der Waals surface area contributed by atoms with Crippen LogP contribution in [0.25, 0.3) is 0 Å². The zero-order valence-corrected chi connectivity index (χ0v) is 12.5. The van der Waals surface area contributed by atoms with Crippen LogP contribution >= 0.6 is 0 Å². The molecule has 0 aliphatic carbocycles. The van der Waals surface area contributed by atoms with Crippen LogP contribution in [-0.2, 0) is 10.9 Å². The Hall–Kier alpha value is -2.05. The van der Waals surface area contributed by atoms with Gasteiger partial charge in [0, 0.05) is 11.5 Å². The molecule has 0 fully saturated rings. The molecule has 0 aliphatic rings. The van der Waals surface area contributed by atoms with Crippen LogP contribution in [0.2, 0.25) is 0 Å². The summed E-state index contributed by atoms with van der Waals surface area (Å²) in [7, 11) is 0. The SMILES string of the molecule is CC(CC(C)(C)OC(N)=O)C(=O)c1ccc(C(F)(F)F)cc1. The molecule has 0 spiro atoms. The zero-order valence-electron chi connectivity index (χ0n) is 12.5. The summed E-state index contributed by atoms with van der Waals surface area (Å²) in [4.78, 5) is 23.0. The summed E-state index contributed by atoms with van der Waals surface area (Å²) < 4.78 is 42.3. The van der Waals surface area contributed by atoms with E-state index in [2.05, 4.69) is 0 Å². The molecule has 4 nitrogen and oxygen atoms in total. The van der Waals surface area contributed by atoms with Gasteiger partial charge in [-0.3, -0.25) is 4.79 Å². The first-order valence-electron chi connectivity index (χ1n) is 6.62. The fourth-order valence-corrected chi connectivity index (χ4v) is 2.25. The smallest absolute Gasteiger partial charge is 0.416 e. The van der Waals surface area contributed by atoms with Crippen molar-refractivity contribution in [3.8, 4) is 0 Å². The van der Waals surface area contributed by atoms with Crippen molar-refractivity contribution in [1.82, 2.24) is 0 Å². The fourth-order valence-electron chi connectivity index (χ4n) is 2.25. The van der Waals surface area contributed by atoms with Crippen molar-refractivity contribution in [2.75, 3.05) is 0 Å². The number of ether oxygens (including phenoxy) is 1. The van der Waals surface area contributed by atoms with Crippen molar-refractivity contribution in [3.05, 3.63) is 35.4 Å². The monoisotopic (exact) mass is 317 g/mol. The molecule has 0 heterocycles. The maximum absolute atomic E-state index is 12.5. The maximum atomic E-state index is 12.5. The highest BCUT2D eigenvalue weighted by Crippen LogP contribution is 2.30. The Kier molecular flexibility index (Phi) is 5.22. The van der Waals surface area contributed by atoms with Gasteiger partial charge in [0.1, 0.15) is 5.60 Å². The van der Waals surface area contributed by atoms with Gasteiger partial charge in [-0.1, -0.05) is 19.1 Å². The third-order valence-corrected chi connectivity index (χ3v) is 3.12. The molecule has 122 valence electrons. The molecule has 0 saturated carbocycles. The van der Waals surface area contributed by atoms with E-state index in [0.717, 1.165) is 24.3 Å². The summed E-state index contributed by atoms with van der Waals surface area (Å²) in [6, 6.07) is 4.02. The minimum absolute atomic E-state index is 0.176. The first kappa shape index (κ1) is 18.0. The lowest BCUT2D eigenvalue weighted by molar-refractivity contribution is -0.137. The lowest BCUT2D eigenvalue weighted by atomic mass is 9.88. The normalized spacial score (nSPS) is 13.5. The largest absolute Gasteiger partial charge is 0.444 e. The Balaban J connectivity index is 2.81. The average molecular weight is 317 g/mol. The summed E-state index contributed by atoms with van der Waals surface area (Å²) in [6.07, 6.45) is -5.18. The number of carbonyl (C=O) groups excluding carboxylic acids is 2. The van der Waals surface area contributed by atoms with Gasteiger partial charge in [-0.15, -0.1) is 0 Å². The molecule has 0 radical (unpaired) electrons. The molecule has 1 aromatic rings. The van der Waals surface area contributed by atoms with Crippen LogP contribution in [0, 0.1) is 5.92 Å². The van der Waals surface area contributed by atoms with Crippen LogP contribution < -0.4 is 5.73 Å². The van der Waals surface area contributed by atoms with E-state index in [9.17, 15) is 22.8 Å². The Morgan fingerprint density at radius 1 is 1.18 bits per heavy atom. The van der Waals surface area contributed by atoms with Crippen LogP contribution in [0.1, 0.15) is 43.1 Å². The van der Waals surface area contributed by atoms with Gasteiger partial charge in [-0.2, -0.15) is 13.2 Å². The van der Waals surface area contributed by atoms with Gasteiger partial charge in [-0.05, 0) is 32.4 Å². The molecule has 0 aliphatic heterocycles. The van der Waals surface area contributed by atoms with Crippen LogP contribution in [0.15, 0.2) is 24.3 Å². The Morgan fingerprint density at radius 2 is 1.68 bits per heavy atom. The van der Waals surface area contributed by atoms with Gasteiger partial charge in [0.15, 0.2) is 5.78 Å². The summed E-state index contributed by atoms with van der Waals surface area (Å²) in [5.74, 6) is -0.860. The molecular weight excluding hydrogens is 299 g/mol. The number of benzene rings is 1. The average Bonchev–Trinajstić information content (AvgIpc) is 2.34. The number of Topliss-reactive ketones (excluding diaryl/α,β-unsaturated/α-hetero) is 1. The first-order chi connectivity index (χ1) is 9.92. The quantitative estimate of drug-likeness (QED) is 0.840. The Bertz CT molecular complexity index is 550. The summed E-state index contributed by atoms with van der Waals surface area (Å²) in [5.41, 5.74) is 3.37. The fraction of sp³-hybridized carbons (Fsp3) is 0.467. The summed E-state index contributed by atoms with van der Waals surface area (Å²) in [6.45, 7) is 4.83. The van der Waals surface area contributed by atoms with E-state index in [-0.39, 0.29) is 17.8 Å². The van der Waals surface area contributed by atoms with Crippen molar-refractivity contribution < 1.29 is 27.5 Å². The molecule has 0 saturated heterocycles. The molecule has 1 rings (SSSR count). The van der Waals surface area contributed by atoms with Crippen LogP contribution in [0.4, 0.5) is 18.0 Å². The zero-order chi connectivity index (χ0) is 17.1. The highest BCUT2D eigenvalue weighted by atomic mass is 19.4. The van der Waals surface area contributed by atoms with E-state index in [1.165, 1.54) is 0 Å². The van der Waals surface area contributed by atoms with E-state index < -0.39 is 29.4 Å². The van der Waals surface area contributed by atoms with Gasteiger partial charge in [0.05, 0.1) is 5.56 Å². The second kappa shape index (κ2) is 6.37. The Morgan fingerprint density at radius 3 is 2.09 bits per heavy atom. The molecule has 7 heteroatoms. The molecule has 0 aromatic heterocycles. The number of hydrogen-bond acceptors (Lipinski definition) is 3. The molecule has 1 amide bonds. The van der Waals surface area contributed by atoms with Gasteiger partial charge >= 0.3 is 12.3 Å². The van der Waals surface area contributed by atoms with Crippen LogP contribution in [-0.4, -0.2) is 17.5 Å². The van der Waals surface area contributed by atoms with E-state index in [1.54, 1.807) is 20.8 Å². The second-order valence-corrected chi connectivity index (χ2v) is 5.73. The van der Waals surface area contributed by atoms with E-state index >= 15 is 0 Å². The lowest BCUT2D eigenvalue weighted by Gasteiger charge is -2.26. The minimum Gasteiger partial charge on any atom is -0.444 e. The number of hydrogen-bond donors (Lipinski definition) is 1. The molecule has 0 bridgehead atoms. The van der Waals surface area contributed by atoms with Crippen molar-refractivity contribution >= 4 is 11.9 Å². The van der Waals surface area contributed by atoms with Crippen LogP contribution in [0.3, 0.4) is 0 Å². The summed E-state index contributed by atoms with van der Waals surface area (Å²) in [5, 5.41) is 0. The molecule has 1 unspecified atom stereocenters. The third kappa shape index (κ3) is 5.05. The predicted octanol–water partition coefficient (Wildman–Crippen LogP) is 3.79. The van der Waals surface area contributed by atoms with Gasteiger partial charge in [0.25, 0.3) is 0 Å². The number of ketones is 1. The lowest BCUT2D eigenvalue weighted by Crippen LogP contribution is -2.34.